The lowest BCUT2D eigenvalue weighted by Crippen LogP contribution is -1.83. The molecule has 0 saturated carbocycles. The molecule has 0 N–H and O–H groups in total. The molecule has 0 unspecified atom stereocenters. The molecule has 0 saturated heterocycles. The van der Waals surface area contributed by atoms with Gasteiger partial charge in [-0.05, 0) is 36.2 Å². The number of hydrogen-bond acceptors (Lipinski definition) is 1. The molecule has 0 spiro atoms. The average molecular weight is 211 g/mol. The highest BCUT2D eigenvalue weighted by atomic mass is 35.5. The second-order valence-corrected chi connectivity index (χ2v) is 3.48. The van der Waals surface area contributed by atoms with Gasteiger partial charge >= 0.3 is 0 Å². The van der Waals surface area contributed by atoms with Gasteiger partial charge in [0.25, 0.3) is 0 Å². The molecule has 1 rings (SSSR count). The molecule has 0 bridgehead atoms. The lowest BCUT2D eigenvalue weighted by atomic mass is 10.2. The number of methoxy groups -OCH3 is 1. The Labute approximate surface area is 90.3 Å². The summed E-state index contributed by atoms with van der Waals surface area (Å²) >= 11 is 6.10. The summed E-state index contributed by atoms with van der Waals surface area (Å²) in [6.07, 6.45) is 4.18. The summed E-state index contributed by atoms with van der Waals surface area (Å²) in [7, 11) is 1.66. The maximum Gasteiger partial charge on any atom is 0.118 e. The van der Waals surface area contributed by atoms with Crippen LogP contribution < -0.4 is 4.74 Å². The van der Waals surface area contributed by atoms with Gasteiger partial charge in [0.1, 0.15) is 5.75 Å². The fraction of sp³-hybridized carbons (Fsp3) is 0.333. The third-order valence-corrected chi connectivity index (χ3v) is 2.35. The number of halogens is 1. The van der Waals surface area contributed by atoms with Crippen molar-refractivity contribution in [3.63, 3.8) is 0 Å². The molecule has 0 aliphatic heterocycles. The van der Waals surface area contributed by atoms with Crippen LogP contribution in [0.15, 0.2) is 30.3 Å². The van der Waals surface area contributed by atoms with Crippen LogP contribution in [0.4, 0.5) is 0 Å². The van der Waals surface area contributed by atoms with Gasteiger partial charge in [0.2, 0.25) is 0 Å². The Morgan fingerprint density at radius 1 is 1.36 bits per heavy atom. The summed E-state index contributed by atoms with van der Waals surface area (Å²) in [5.41, 5.74) is 1.04. The molecule has 1 nitrogen and oxygen atoms in total. The highest BCUT2D eigenvalue weighted by Crippen LogP contribution is 2.22. The van der Waals surface area contributed by atoms with E-state index in [4.69, 9.17) is 16.3 Å². The lowest BCUT2D eigenvalue weighted by Gasteiger charge is -2.02. The normalized spacial score (nSPS) is 11.5. The first-order valence-corrected chi connectivity index (χ1v) is 5.15. The second-order valence-electron chi connectivity index (χ2n) is 3.07. The van der Waals surface area contributed by atoms with E-state index >= 15 is 0 Å². The number of hydrogen-bond donors (Lipinski definition) is 0. The van der Waals surface area contributed by atoms with Gasteiger partial charge in [-0.3, -0.25) is 0 Å². The van der Waals surface area contributed by atoms with Crippen molar-refractivity contribution in [1.29, 1.82) is 0 Å². The summed E-state index contributed by atoms with van der Waals surface area (Å²) in [5.74, 6) is 0.855. The number of rotatable bonds is 4. The fourth-order valence-corrected chi connectivity index (χ4v) is 1.37. The maximum atomic E-state index is 6.10. The summed E-state index contributed by atoms with van der Waals surface area (Å²) in [6.45, 7) is 2.13. The molecule has 0 aromatic heterocycles. The van der Waals surface area contributed by atoms with E-state index in [2.05, 4.69) is 6.92 Å². The fourth-order valence-electron chi connectivity index (χ4n) is 1.14. The second kappa shape index (κ2) is 5.71. The summed E-state index contributed by atoms with van der Waals surface area (Å²) in [6, 6.07) is 7.76. The highest BCUT2D eigenvalue weighted by molar-refractivity contribution is 6.48. The molecular formula is C12H15ClO. The van der Waals surface area contributed by atoms with Gasteiger partial charge in [-0.1, -0.05) is 31.0 Å². The molecule has 0 fully saturated rings. The first-order valence-electron chi connectivity index (χ1n) is 4.78. The highest BCUT2D eigenvalue weighted by Gasteiger charge is 1.97. The van der Waals surface area contributed by atoms with Crippen LogP contribution in [0.25, 0.3) is 5.03 Å². The molecular weight excluding hydrogens is 196 g/mol. The van der Waals surface area contributed by atoms with Crippen molar-refractivity contribution in [2.24, 2.45) is 0 Å². The molecule has 0 aliphatic rings. The molecule has 1 aromatic carbocycles. The largest absolute Gasteiger partial charge is 0.497 e. The predicted molar refractivity (Wildman–Crippen MR) is 61.7 cm³/mol. The third kappa shape index (κ3) is 3.08. The Morgan fingerprint density at radius 3 is 2.50 bits per heavy atom. The van der Waals surface area contributed by atoms with Crippen molar-refractivity contribution in [3.8, 4) is 5.75 Å². The van der Waals surface area contributed by atoms with Crippen LogP contribution in [0.1, 0.15) is 25.3 Å². The summed E-state index contributed by atoms with van der Waals surface area (Å²) in [4.78, 5) is 0. The van der Waals surface area contributed by atoms with Gasteiger partial charge in [-0.2, -0.15) is 0 Å². The first kappa shape index (κ1) is 11.1. The van der Waals surface area contributed by atoms with Crippen LogP contribution in [0.5, 0.6) is 5.75 Å². The van der Waals surface area contributed by atoms with Crippen LogP contribution in [0.3, 0.4) is 0 Å². The van der Waals surface area contributed by atoms with E-state index < -0.39 is 0 Å². The Balaban J connectivity index is 2.76. The minimum absolute atomic E-state index is 0.814. The van der Waals surface area contributed by atoms with Crippen molar-refractivity contribution < 1.29 is 4.74 Å². The molecule has 14 heavy (non-hydrogen) atoms. The van der Waals surface area contributed by atoms with Crippen LogP contribution in [-0.2, 0) is 0 Å². The topological polar surface area (TPSA) is 9.23 Å². The monoisotopic (exact) mass is 210 g/mol. The quantitative estimate of drug-likeness (QED) is 0.728. The van der Waals surface area contributed by atoms with Crippen molar-refractivity contribution in [2.75, 3.05) is 7.11 Å². The van der Waals surface area contributed by atoms with E-state index in [1.165, 1.54) is 0 Å². The van der Waals surface area contributed by atoms with Crippen LogP contribution in [0.2, 0.25) is 0 Å². The molecule has 0 amide bonds. The smallest absolute Gasteiger partial charge is 0.118 e. The van der Waals surface area contributed by atoms with Crippen molar-refractivity contribution in [1.82, 2.24) is 0 Å². The van der Waals surface area contributed by atoms with E-state index in [0.717, 1.165) is 29.2 Å². The summed E-state index contributed by atoms with van der Waals surface area (Å²) in [5, 5.41) is 0.814. The van der Waals surface area contributed by atoms with Gasteiger partial charge in [-0.25, -0.2) is 0 Å². The molecule has 0 heterocycles. The zero-order valence-electron chi connectivity index (χ0n) is 8.59. The maximum absolute atomic E-state index is 6.10. The molecule has 0 radical (unpaired) electrons. The Morgan fingerprint density at radius 2 is 2.00 bits per heavy atom. The number of ether oxygens (including phenoxy) is 1. The number of allylic oxidation sites excluding steroid dienone is 1. The molecule has 0 aliphatic carbocycles. The first-order chi connectivity index (χ1) is 6.77. The summed E-state index contributed by atoms with van der Waals surface area (Å²) < 4.78 is 5.07. The van der Waals surface area contributed by atoms with Gasteiger partial charge in [-0.15, -0.1) is 0 Å². The zero-order valence-corrected chi connectivity index (χ0v) is 9.34. The SMILES string of the molecule is CCC/C=C(\Cl)c1ccc(OC)cc1. The minimum Gasteiger partial charge on any atom is -0.497 e. The van der Waals surface area contributed by atoms with E-state index in [1.54, 1.807) is 7.11 Å². The van der Waals surface area contributed by atoms with Gasteiger partial charge < -0.3 is 4.74 Å². The van der Waals surface area contributed by atoms with Gasteiger partial charge in [0.05, 0.1) is 7.11 Å². The van der Waals surface area contributed by atoms with Crippen molar-refractivity contribution >= 4 is 16.6 Å². The van der Waals surface area contributed by atoms with Crippen molar-refractivity contribution in [2.45, 2.75) is 19.8 Å². The average Bonchev–Trinajstić information content (AvgIpc) is 2.26. The van der Waals surface area contributed by atoms with Gasteiger partial charge in [0, 0.05) is 5.03 Å². The van der Waals surface area contributed by atoms with Crippen LogP contribution >= 0.6 is 11.6 Å². The minimum atomic E-state index is 0.814. The molecule has 1 aromatic rings. The molecule has 2 heteroatoms. The zero-order chi connectivity index (χ0) is 10.4. The Hall–Kier alpha value is -0.950. The predicted octanol–water partition coefficient (Wildman–Crippen LogP) is 4.08. The Kier molecular flexibility index (Phi) is 4.54. The van der Waals surface area contributed by atoms with Crippen molar-refractivity contribution in [3.05, 3.63) is 35.9 Å². The standard InChI is InChI=1S/C12H15ClO/c1-3-4-5-12(13)10-6-8-11(14-2)9-7-10/h5-9H,3-4H2,1-2H3/b12-5-. The van der Waals surface area contributed by atoms with E-state index in [0.29, 0.717) is 0 Å². The third-order valence-electron chi connectivity index (χ3n) is 1.98. The van der Waals surface area contributed by atoms with Crippen LogP contribution in [-0.4, -0.2) is 7.11 Å². The number of benzene rings is 1. The van der Waals surface area contributed by atoms with E-state index in [-0.39, 0.29) is 0 Å². The number of unbranched alkanes of at least 4 members (excludes halogenated alkanes) is 1. The van der Waals surface area contributed by atoms with Crippen LogP contribution in [0, 0.1) is 0 Å². The molecule has 0 atom stereocenters. The van der Waals surface area contributed by atoms with E-state index in [9.17, 15) is 0 Å². The molecule has 76 valence electrons. The Bertz CT molecular complexity index is 301. The van der Waals surface area contributed by atoms with E-state index in [1.807, 2.05) is 30.3 Å². The van der Waals surface area contributed by atoms with Gasteiger partial charge in [0.15, 0.2) is 0 Å². The lowest BCUT2D eigenvalue weighted by molar-refractivity contribution is 0.415.